The third-order valence-corrected chi connectivity index (χ3v) is 2.09. The normalized spacial score (nSPS) is 19.4. The summed E-state index contributed by atoms with van der Waals surface area (Å²) in [4.78, 5) is 4.03. The highest BCUT2D eigenvalue weighted by Gasteiger charge is 2.07. The average Bonchev–Trinajstić information content (AvgIpc) is 2.06. The zero-order valence-corrected chi connectivity index (χ0v) is 7.14. The first-order chi connectivity index (χ1) is 5.38. The van der Waals surface area contributed by atoms with Gasteiger partial charge in [0.25, 0.3) is 0 Å². The van der Waals surface area contributed by atoms with Crippen LogP contribution in [0, 0.1) is 0 Å². The molecule has 1 rings (SSSR count). The van der Waals surface area contributed by atoms with Gasteiger partial charge in [0.1, 0.15) is 0 Å². The van der Waals surface area contributed by atoms with E-state index in [1.807, 2.05) is 19.3 Å². The molecule has 60 valence electrons. The Kier molecular flexibility index (Phi) is 3.09. The van der Waals surface area contributed by atoms with Gasteiger partial charge < -0.3 is 0 Å². The van der Waals surface area contributed by atoms with Crippen LogP contribution in [0.1, 0.15) is 25.7 Å². The highest BCUT2D eigenvalue weighted by molar-refractivity contribution is 5.80. The van der Waals surface area contributed by atoms with Gasteiger partial charge in [-0.05, 0) is 36.8 Å². The van der Waals surface area contributed by atoms with Crippen LogP contribution in [0.3, 0.4) is 0 Å². The van der Waals surface area contributed by atoms with Gasteiger partial charge in [0.15, 0.2) is 0 Å². The Balaban J connectivity index is 2.81. The Hall–Kier alpha value is -0.850. The smallest absolute Gasteiger partial charge is 0.0277 e. The molecule has 1 heteroatoms. The van der Waals surface area contributed by atoms with Crippen molar-refractivity contribution in [3.05, 3.63) is 23.8 Å². The van der Waals surface area contributed by atoms with Crippen LogP contribution in [0.2, 0.25) is 0 Å². The lowest BCUT2D eigenvalue weighted by atomic mass is 9.92. The fourth-order valence-corrected chi connectivity index (χ4v) is 1.49. The average molecular weight is 149 g/mol. The van der Waals surface area contributed by atoms with Crippen molar-refractivity contribution < 1.29 is 0 Å². The van der Waals surface area contributed by atoms with E-state index < -0.39 is 0 Å². The van der Waals surface area contributed by atoms with E-state index in [9.17, 15) is 0 Å². The van der Waals surface area contributed by atoms with Crippen LogP contribution in [0.5, 0.6) is 0 Å². The second kappa shape index (κ2) is 4.12. The van der Waals surface area contributed by atoms with Crippen molar-refractivity contribution in [2.75, 3.05) is 7.05 Å². The van der Waals surface area contributed by atoms with Gasteiger partial charge in [0.2, 0.25) is 0 Å². The van der Waals surface area contributed by atoms with Crippen LogP contribution in [-0.4, -0.2) is 13.3 Å². The van der Waals surface area contributed by atoms with E-state index in [1.165, 1.54) is 36.8 Å². The molecule has 0 unspecified atom stereocenters. The summed E-state index contributed by atoms with van der Waals surface area (Å²) < 4.78 is 0. The first-order valence-electron chi connectivity index (χ1n) is 4.15. The number of allylic oxidation sites excluding steroid dienone is 3. The predicted octanol–water partition coefficient (Wildman–Crippen LogP) is 2.74. The van der Waals surface area contributed by atoms with Crippen molar-refractivity contribution in [2.45, 2.75) is 25.7 Å². The Labute approximate surface area is 68.5 Å². The van der Waals surface area contributed by atoms with Crippen LogP contribution >= 0.6 is 0 Å². The van der Waals surface area contributed by atoms with E-state index in [-0.39, 0.29) is 0 Å². The minimum atomic E-state index is 1.18. The van der Waals surface area contributed by atoms with Gasteiger partial charge >= 0.3 is 0 Å². The van der Waals surface area contributed by atoms with Crippen LogP contribution in [0.15, 0.2) is 28.8 Å². The van der Waals surface area contributed by atoms with E-state index in [0.717, 1.165) is 0 Å². The molecule has 0 aliphatic heterocycles. The molecule has 0 saturated heterocycles. The van der Waals surface area contributed by atoms with Crippen molar-refractivity contribution in [1.29, 1.82) is 0 Å². The molecule has 11 heavy (non-hydrogen) atoms. The lowest BCUT2D eigenvalue weighted by molar-refractivity contribution is 0.700. The Morgan fingerprint density at radius 1 is 1.27 bits per heavy atom. The number of nitrogens with zero attached hydrogens (tertiary/aromatic N) is 1. The monoisotopic (exact) mass is 149 g/mol. The highest BCUT2D eigenvalue weighted by Crippen LogP contribution is 2.23. The Morgan fingerprint density at radius 3 is 2.45 bits per heavy atom. The summed E-state index contributed by atoms with van der Waals surface area (Å²) in [5.41, 5.74) is 2.77. The van der Waals surface area contributed by atoms with Gasteiger partial charge in [-0.2, -0.15) is 0 Å². The maximum absolute atomic E-state index is 4.03. The molecule has 1 aliphatic rings. The van der Waals surface area contributed by atoms with Gasteiger partial charge in [-0.3, -0.25) is 4.99 Å². The summed E-state index contributed by atoms with van der Waals surface area (Å²) in [6.07, 6.45) is 8.91. The van der Waals surface area contributed by atoms with E-state index in [1.54, 1.807) is 0 Å². The first-order valence-corrected chi connectivity index (χ1v) is 4.15. The minimum Gasteiger partial charge on any atom is -0.296 e. The molecule has 1 aliphatic carbocycles. The van der Waals surface area contributed by atoms with Crippen molar-refractivity contribution >= 4 is 6.21 Å². The van der Waals surface area contributed by atoms with Gasteiger partial charge in [0, 0.05) is 13.3 Å². The number of hydrogen-bond acceptors (Lipinski definition) is 1. The molecular weight excluding hydrogens is 134 g/mol. The highest BCUT2D eigenvalue weighted by atomic mass is 14.6. The second-order valence-corrected chi connectivity index (χ2v) is 2.85. The fraction of sp³-hybridized carbons (Fsp3) is 0.500. The van der Waals surface area contributed by atoms with E-state index in [2.05, 4.69) is 11.6 Å². The molecule has 0 aromatic carbocycles. The van der Waals surface area contributed by atoms with Crippen LogP contribution in [0.25, 0.3) is 0 Å². The van der Waals surface area contributed by atoms with E-state index in [0.29, 0.717) is 0 Å². The van der Waals surface area contributed by atoms with Crippen LogP contribution in [0.4, 0.5) is 0 Å². The summed E-state index contributed by atoms with van der Waals surface area (Å²) in [6.45, 7) is 3.80. The first kappa shape index (κ1) is 8.25. The lowest BCUT2D eigenvalue weighted by Crippen LogP contribution is -1.98. The summed E-state index contributed by atoms with van der Waals surface area (Å²) in [7, 11) is 1.82. The van der Waals surface area contributed by atoms with E-state index >= 15 is 0 Å². The lowest BCUT2D eigenvalue weighted by Gasteiger charge is -2.13. The molecule has 0 atom stereocenters. The molecule has 0 bridgehead atoms. The zero-order chi connectivity index (χ0) is 8.10. The van der Waals surface area contributed by atoms with Crippen molar-refractivity contribution in [1.82, 2.24) is 0 Å². The fourth-order valence-electron chi connectivity index (χ4n) is 1.49. The van der Waals surface area contributed by atoms with Crippen LogP contribution < -0.4 is 0 Å². The predicted molar refractivity (Wildman–Crippen MR) is 50.1 cm³/mol. The third-order valence-electron chi connectivity index (χ3n) is 2.09. The summed E-state index contributed by atoms with van der Waals surface area (Å²) in [6, 6.07) is 0. The topological polar surface area (TPSA) is 12.4 Å². The third kappa shape index (κ3) is 2.04. The molecule has 0 spiro atoms. The number of rotatable bonds is 2. The van der Waals surface area contributed by atoms with Crippen LogP contribution in [-0.2, 0) is 0 Å². The van der Waals surface area contributed by atoms with Gasteiger partial charge in [-0.25, -0.2) is 0 Å². The minimum absolute atomic E-state index is 1.18. The molecule has 0 N–H and O–H groups in total. The summed E-state index contributed by atoms with van der Waals surface area (Å²) >= 11 is 0. The molecule has 0 aromatic rings. The molecular formula is C10H15N. The van der Waals surface area contributed by atoms with Crippen molar-refractivity contribution in [3.63, 3.8) is 0 Å². The quantitative estimate of drug-likeness (QED) is 0.535. The molecule has 0 heterocycles. The molecule has 0 radical (unpaired) electrons. The second-order valence-electron chi connectivity index (χ2n) is 2.85. The Morgan fingerprint density at radius 2 is 1.91 bits per heavy atom. The maximum Gasteiger partial charge on any atom is 0.0277 e. The molecule has 1 nitrogen and oxygen atoms in total. The molecule has 0 saturated carbocycles. The standard InChI is InChI=1S/C10H15N/c1-3-9-6-4-5-7-10(9)8-11-2/h3,8H,1,4-7H2,2H3. The number of hydrogen-bond donors (Lipinski definition) is 0. The summed E-state index contributed by atoms with van der Waals surface area (Å²) in [5.74, 6) is 0. The molecule has 0 fully saturated rings. The number of aliphatic imine (C=N–C) groups is 1. The van der Waals surface area contributed by atoms with Crippen molar-refractivity contribution in [2.24, 2.45) is 4.99 Å². The summed E-state index contributed by atoms with van der Waals surface area (Å²) in [5, 5.41) is 0. The van der Waals surface area contributed by atoms with E-state index in [4.69, 9.17) is 0 Å². The van der Waals surface area contributed by atoms with Gasteiger partial charge in [-0.1, -0.05) is 12.7 Å². The molecule has 0 amide bonds. The Bertz CT molecular complexity index is 199. The molecule has 0 aromatic heterocycles. The SMILES string of the molecule is C=CC1=C(C=NC)CCCC1. The van der Waals surface area contributed by atoms with Crippen molar-refractivity contribution in [3.8, 4) is 0 Å². The largest absolute Gasteiger partial charge is 0.296 e. The maximum atomic E-state index is 4.03. The van der Waals surface area contributed by atoms with Gasteiger partial charge in [-0.15, -0.1) is 0 Å². The zero-order valence-electron chi connectivity index (χ0n) is 7.14. The van der Waals surface area contributed by atoms with Gasteiger partial charge in [0.05, 0.1) is 0 Å².